The summed E-state index contributed by atoms with van der Waals surface area (Å²) in [7, 11) is 1.27. The SMILES string of the molecule is COC(=O)[C@@H]1[C@@H]2C(=O)O[C@]3(OCc4ccccc4)C[C@H]1C(=O)N(Cc1ccccc1)[C@H]23. The Balaban J connectivity index is 1.51. The molecule has 1 amide bonds. The van der Waals surface area contributed by atoms with E-state index in [9.17, 15) is 14.4 Å². The number of fused-ring (bicyclic) bond motifs is 1. The van der Waals surface area contributed by atoms with E-state index in [1.54, 1.807) is 4.90 Å². The van der Waals surface area contributed by atoms with Crippen LogP contribution in [0.5, 0.6) is 0 Å². The van der Waals surface area contributed by atoms with Crippen LogP contribution in [-0.2, 0) is 41.7 Å². The normalized spacial score (nSPS) is 30.9. The number of hydrogen-bond donors (Lipinski definition) is 0. The van der Waals surface area contributed by atoms with Crippen LogP contribution in [0.25, 0.3) is 0 Å². The number of nitrogens with zero attached hydrogens (tertiary/aromatic N) is 1. The Hall–Kier alpha value is -3.19. The van der Waals surface area contributed by atoms with E-state index in [-0.39, 0.29) is 18.9 Å². The highest BCUT2D eigenvalue weighted by molar-refractivity contribution is 5.95. The van der Waals surface area contributed by atoms with Crippen LogP contribution >= 0.6 is 0 Å². The maximum atomic E-state index is 13.4. The summed E-state index contributed by atoms with van der Waals surface area (Å²) >= 11 is 0. The number of carbonyl (C=O) groups is 3. The molecule has 160 valence electrons. The Morgan fingerprint density at radius 2 is 1.71 bits per heavy atom. The topological polar surface area (TPSA) is 82.1 Å². The Morgan fingerprint density at radius 3 is 2.35 bits per heavy atom. The molecule has 7 nitrogen and oxygen atoms in total. The molecule has 0 N–H and O–H groups in total. The molecule has 6 rings (SSSR count). The lowest BCUT2D eigenvalue weighted by molar-refractivity contribution is -0.269. The Kier molecular flexibility index (Phi) is 4.78. The minimum Gasteiger partial charge on any atom is -0.469 e. The van der Waals surface area contributed by atoms with Crippen molar-refractivity contribution in [1.82, 2.24) is 4.90 Å². The molecule has 4 fully saturated rings. The molecule has 7 heteroatoms. The summed E-state index contributed by atoms with van der Waals surface area (Å²) in [5.41, 5.74) is 1.87. The van der Waals surface area contributed by atoms with E-state index in [1.807, 2.05) is 60.7 Å². The first-order valence-corrected chi connectivity index (χ1v) is 10.4. The predicted molar refractivity (Wildman–Crippen MR) is 108 cm³/mol. The second kappa shape index (κ2) is 7.50. The summed E-state index contributed by atoms with van der Waals surface area (Å²) in [4.78, 5) is 40.5. The molecule has 3 saturated heterocycles. The molecule has 4 aliphatic rings. The van der Waals surface area contributed by atoms with Crippen LogP contribution in [-0.4, -0.2) is 41.7 Å². The van der Waals surface area contributed by atoms with E-state index in [4.69, 9.17) is 14.2 Å². The van der Waals surface area contributed by atoms with E-state index in [2.05, 4.69) is 0 Å². The highest BCUT2D eigenvalue weighted by atomic mass is 16.7. The molecule has 3 aliphatic heterocycles. The van der Waals surface area contributed by atoms with Gasteiger partial charge >= 0.3 is 11.9 Å². The number of hydrogen-bond acceptors (Lipinski definition) is 6. The molecule has 2 aromatic rings. The molecule has 0 spiro atoms. The van der Waals surface area contributed by atoms with Gasteiger partial charge in [0.15, 0.2) is 0 Å². The number of ether oxygens (including phenoxy) is 3. The van der Waals surface area contributed by atoms with Crippen molar-refractivity contribution in [2.24, 2.45) is 17.8 Å². The van der Waals surface area contributed by atoms with Crippen molar-refractivity contribution in [3.63, 3.8) is 0 Å². The van der Waals surface area contributed by atoms with Gasteiger partial charge in [-0.25, -0.2) is 0 Å². The summed E-state index contributed by atoms with van der Waals surface area (Å²) in [6.45, 7) is 0.554. The van der Waals surface area contributed by atoms with Gasteiger partial charge in [0.2, 0.25) is 11.7 Å². The van der Waals surface area contributed by atoms with Gasteiger partial charge < -0.3 is 19.1 Å². The monoisotopic (exact) mass is 421 g/mol. The molecule has 5 atom stereocenters. The third kappa shape index (κ3) is 3.11. The van der Waals surface area contributed by atoms with Crippen molar-refractivity contribution < 1.29 is 28.6 Å². The molecule has 3 heterocycles. The average Bonchev–Trinajstić information content (AvgIpc) is 3.02. The van der Waals surface area contributed by atoms with Gasteiger partial charge in [-0.1, -0.05) is 60.7 Å². The second-order valence-electron chi connectivity index (χ2n) is 8.29. The summed E-state index contributed by atoms with van der Waals surface area (Å²) in [5.74, 6) is -4.88. The van der Waals surface area contributed by atoms with Gasteiger partial charge in [0.05, 0.1) is 31.5 Å². The first-order chi connectivity index (χ1) is 15.0. The molecule has 1 saturated carbocycles. The van der Waals surface area contributed by atoms with Crippen molar-refractivity contribution >= 4 is 17.8 Å². The smallest absolute Gasteiger partial charge is 0.314 e. The zero-order valence-corrected chi connectivity index (χ0v) is 17.1. The number of piperidine rings is 2. The summed E-state index contributed by atoms with van der Waals surface area (Å²) < 4.78 is 17.0. The number of esters is 2. The average molecular weight is 421 g/mol. The van der Waals surface area contributed by atoms with E-state index in [0.29, 0.717) is 6.54 Å². The van der Waals surface area contributed by atoms with Crippen molar-refractivity contribution in [2.45, 2.75) is 31.4 Å². The van der Waals surface area contributed by atoms with Gasteiger partial charge in [0.25, 0.3) is 0 Å². The van der Waals surface area contributed by atoms with Gasteiger partial charge in [-0.2, -0.15) is 0 Å². The van der Waals surface area contributed by atoms with Crippen LogP contribution in [0.3, 0.4) is 0 Å². The third-order valence-corrected chi connectivity index (χ3v) is 6.59. The van der Waals surface area contributed by atoms with Crippen LogP contribution < -0.4 is 0 Å². The number of amides is 1. The van der Waals surface area contributed by atoms with E-state index in [0.717, 1.165) is 11.1 Å². The zero-order chi connectivity index (χ0) is 21.6. The molecule has 4 bridgehead atoms. The van der Waals surface area contributed by atoms with Crippen LogP contribution in [0.2, 0.25) is 0 Å². The van der Waals surface area contributed by atoms with Crippen molar-refractivity contribution in [2.75, 3.05) is 7.11 Å². The highest BCUT2D eigenvalue weighted by Crippen LogP contribution is 2.56. The fourth-order valence-electron chi connectivity index (χ4n) is 5.27. The Labute approximate surface area is 179 Å². The largest absolute Gasteiger partial charge is 0.469 e. The molecular formula is C24H23NO6. The number of carbonyl (C=O) groups excluding carboxylic acids is 3. The summed E-state index contributed by atoms with van der Waals surface area (Å²) in [6, 6.07) is 18.5. The standard InChI is InChI=1S/C24H23NO6/c1-29-22(27)18-17-12-24(30-14-16-10-6-3-7-11-16)20(19(18)23(28)31-24)25(21(17)26)13-15-8-4-2-5-9-15/h2-11,17-20H,12-14H2,1H3/t17-,18+,19+,20-,24-/m1/s1. The fourth-order valence-corrected chi connectivity index (χ4v) is 5.27. The summed E-state index contributed by atoms with van der Waals surface area (Å²) in [5, 5.41) is 0. The molecule has 0 radical (unpaired) electrons. The minimum absolute atomic E-state index is 0.149. The van der Waals surface area contributed by atoms with Crippen LogP contribution in [0.4, 0.5) is 0 Å². The minimum atomic E-state index is -1.27. The lowest BCUT2D eigenvalue weighted by atomic mass is 9.63. The van der Waals surface area contributed by atoms with Crippen LogP contribution in [0.1, 0.15) is 17.5 Å². The predicted octanol–water partition coefficient (Wildman–Crippen LogP) is 2.29. The lowest BCUT2D eigenvalue weighted by Gasteiger charge is -2.53. The summed E-state index contributed by atoms with van der Waals surface area (Å²) in [6.07, 6.45) is 0.149. The van der Waals surface area contributed by atoms with Crippen LogP contribution in [0.15, 0.2) is 60.7 Å². The van der Waals surface area contributed by atoms with Crippen molar-refractivity contribution in [3.05, 3.63) is 71.8 Å². The Morgan fingerprint density at radius 1 is 1.06 bits per heavy atom. The van der Waals surface area contributed by atoms with Crippen molar-refractivity contribution in [1.29, 1.82) is 0 Å². The van der Waals surface area contributed by atoms with Gasteiger partial charge in [-0.3, -0.25) is 14.4 Å². The third-order valence-electron chi connectivity index (χ3n) is 6.59. The first kappa shape index (κ1) is 19.8. The van der Waals surface area contributed by atoms with E-state index in [1.165, 1.54) is 7.11 Å². The quantitative estimate of drug-likeness (QED) is 0.666. The highest BCUT2D eigenvalue weighted by Gasteiger charge is 2.74. The second-order valence-corrected chi connectivity index (χ2v) is 8.29. The van der Waals surface area contributed by atoms with E-state index >= 15 is 0 Å². The molecule has 0 aromatic heterocycles. The van der Waals surface area contributed by atoms with Crippen LogP contribution in [0, 0.1) is 17.8 Å². The molecular weight excluding hydrogens is 398 g/mol. The van der Waals surface area contributed by atoms with Gasteiger partial charge in [-0.05, 0) is 11.1 Å². The number of benzene rings is 2. The fraction of sp³-hybridized carbons (Fsp3) is 0.375. The molecule has 31 heavy (non-hydrogen) atoms. The molecule has 0 unspecified atom stereocenters. The Bertz CT molecular complexity index is 1010. The maximum Gasteiger partial charge on any atom is 0.314 e. The molecule has 1 aliphatic carbocycles. The number of methoxy groups -OCH3 is 1. The number of rotatable bonds is 6. The molecule has 2 aromatic carbocycles. The lowest BCUT2D eigenvalue weighted by Crippen LogP contribution is -2.70. The maximum absolute atomic E-state index is 13.4. The first-order valence-electron chi connectivity index (χ1n) is 10.4. The van der Waals surface area contributed by atoms with E-state index < -0.39 is 41.5 Å². The zero-order valence-electron chi connectivity index (χ0n) is 17.1. The van der Waals surface area contributed by atoms with Gasteiger partial charge in [0, 0.05) is 13.0 Å². The van der Waals surface area contributed by atoms with Gasteiger partial charge in [-0.15, -0.1) is 0 Å². The van der Waals surface area contributed by atoms with Crippen molar-refractivity contribution in [3.8, 4) is 0 Å². The van der Waals surface area contributed by atoms with Gasteiger partial charge in [0.1, 0.15) is 6.04 Å².